The molecule has 0 saturated heterocycles. The summed E-state index contributed by atoms with van der Waals surface area (Å²) in [4.78, 5) is 12.6. The number of anilines is 1. The van der Waals surface area contributed by atoms with Crippen molar-refractivity contribution in [1.29, 1.82) is 0 Å². The Morgan fingerprint density at radius 1 is 1.05 bits per heavy atom. The Balaban J connectivity index is 1.20. The first-order valence-electron chi connectivity index (χ1n) is 15.0. The maximum Gasteiger partial charge on any atom is 0.238 e. The number of amides is 1. The highest BCUT2D eigenvalue weighted by Crippen LogP contribution is 2.68. The van der Waals surface area contributed by atoms with Crippen molar-refractivity contribution in [3.63, 3.8) is 0 Å². The number of aliphatic hydroxyl groups excluding tert-OH is 3. The van der Waals surface area contributed by atoms with Gasteiger partial charge >= 0.3 is 0 Å². The number of primary sulfonamides is 1. The number of hydrazine groups is 1. The van der Waals surface area contributed by atoms with Crippen molar-refractivity contribution < 1.29 is 28.5 Å². The summed E-state index contributed by atoms with van der Waals surface area (Å²) >= 11 is 0. The van der Waals surface area contributed by atoms with Gasteiger partial charge in [0.1, 0.15) is 0 Å². The zero-order valence-corrected chi connectivity index (χ0v) is 24.7. The smallest absolute Gasteiger partial charge is 0.238 e. The van der Waals surface area contributed by atoms with Crippen molar-refractivity contribution in [2.75, 3.05) is 5.43 Å². The fourth-order valence-corrected chi connectivity index (χ4v) is 10.1. The first-order chi connectivity index (χ1) is 18.7. The van der Waals surface area contributed by atoms with Crippen LogP contribution in [0.25, 0.3) is 0 Å². The van der Waals surface area contributed by atoms with Crippen LogP contribution >= 0.6 is 0 Å². The molecule has 0 radical (unpaired) electrons. The zero-order chi connectivity index (χ0) is 29.0. The lowest BCUT2D eigenvalue weighted by molar-refractivity contribution is -0.207. The molecule has 0 aliphatic heterocycles. The normalized spacial score (nSPS) is 41.8. The molecule has 224 valence electrons. The van der Waals surface area contributed by atoms with E-state index in [4.69, 9.17) is 5.14 Å². The van der Waals surface area contributed by atoms with Crippen LogP contribution in [0.15, 0.2) is 29.2 Å². The molecule has 7 N–H and O–H groups in total. The lowest BCUT2D eigenvalue weighted by atomic mass is 9.43. The van der Waals surface area contributed by atoms with Crippen molar-refractivity contribution in [3.05, 3.63) is 24.3 Å². The van der Waals surface area contributed by atoms with Crippen LogP contribution in [0.1, 0.15) is 78.6 Å². The third-order valence-electron chi connectivity index (χ3n) is 11.9. The summed E-state index contributed by atoms with van der Waals surface area (Å²) in [5.41, 5.74) is 5.82. The predicted octanol–water partition coefficient (Wildman–Crippen LogP) is 3.15. The number of nitrogens with two attached hydrogens (primary N) is 1. The van der Waals surface area contributed by atoms with Crippen LogP contribution in [-0.2, 0) is 14.8 Å². The lowest BCUT2D eigenvalue weighted by Gasteiger charge is -2.63. The minimum atomic E-state index is -3.77. The van der Waals surface area contributed by atoms with Gasteiger partial charge in [-0.2, -0.15) is 0 Å². The molecule has 0 spiro atoms. The number of sulfonamides is 1. The highest BCUT2D eigenvalue weighted by molar-refractivity contribution is 7.89. The molecule has 0 aromatic heterocycles. The molecular weight excluding hydrogens is 530 g/mol. The molecule has 0 bridgehead atoms. The first-order valence-corrected chi connectivity index (χ1v) is 16.5. The van der Waals surface area contributed by atoms with E-state index in [0.29, 0.717) is 30.9 Å². The molecule has 1 aromatic carbocycles. The molecule has 40 heavy (non-hydrogen) atoms. The SMILES string of the molecule is C[C@H](CCC(=O)NNc1ccc(S(N)(=O)=O)cc1)[C@H]1CC[C@H]2[C@@H]3[C@H](O)C[C@@H]4C[C@H](O)CC[C@]4(C)[C@H]3C[C@H](O)[C@]12C. The van der Waals surface area contributed by atoms with Gasteiger partial charge in [0.05, 0.1) is 28.9 Å². The molecule has 4 saturated carbocycles. The number of hydrogen-bond donors (Lipinski definition) is 6. The lowest BCUT2D eigenvalue weighted by Crippen LogP contribution is -2.62. The third-order valence-corrected chi connectivity index (χ3v) is 12.8. The van der Waals surface area contributed by atoms with E-state index >= 15 is 0 Å². The van der Waals surface area contributed by atoms with Gasteiger partial charge in [-0.15, -0.1) is 0 Å². The first kappa shape index (κ1) is 29.8. The number of fused-ring (bicyclic) bond motifs is 5. The number of carbonyl (C=O) groups excluding carboxylic acids is 1. The monoisotopic (exact) mass is 577 g/mol. The van der Waals surface area contributed by atoms with Gasteiger partial charge in [-0.1, -0.05) is 20.8 Å². The van der Waals surface area contributed by atoms with Gasteiger partial charge in [-0.05, 0) is 122 Å². The molecule has 10 heteroatoms. The number of carbonyl (C=O) groups is 1. The summed E-state index contributed by atoms with van der Waals surface area (Å²) in [5, 5.41) is 38.6. The number of aliphatic hydroxyl groups is 3. The van der Waals surface area contributed by atoms with Gasteiger partial charge in [0, 0.05) is 6.42 Å². The Labute approximate surface area is 238 Å². The van der Waals surface area contributed by atoms with Crippen LogP contribution in [0.3, 0.4) is 0 Å². The maximum atomic E-state index is 12.6. The highest BCUT2D eigenvalue weighted by atomic mass is 32.2. The average Bonchev–Trinajstić information content (AvgIpc) is 3.26. The van der Waals surface area contributed by atoms with Crippen molar-refractivity contribution in [3.8, 4) is 0 Å². The second-order valence-corrected chi connectivity index (χ2v) is 15.3. The van der Waals surface area contributed by atoms with E-state index in [1.54, 1.807) is 0 Å². The van der Waals surface area contributed by atoms with E-state index in [-0.39, 0.29) is 57.3 Å². The van der Waals surface area contributed by atoms with Gasteiger partial charge in [-0.25, -0.2) is 13.6 Å². The predicted molar refractivity (Wildman–Crippen MR) is 152 cm³/mol. The molecule has 1 aromatic rings. The summed E-state index contributed by atoms with van der Waals surface area (Å²) < 4.78 is 22.8. The molecule has 11 atom stereocenters. The van der Waals surface area contributed by atoms with Gasteiger partial charge < -0.3 is 15.3 Å². The van der Waals surface area contributed by atoms with Crippen LogP contribution in [0.2, 0.25) is 0 Å². The Hall–Kier alpha value is -1.72. The van der Waals surface area contributed by atoms with Crippen LogP contribution in [0.4, 0.5) is 5.69 Å². The standard InChI is InChI=1S/C30H47N3O6S/c1-17(4-11-27(37)33-32-19-5-7-21(8-6-19)40(31,38)39)22-9-10-23-28-24(16-26(36)30(22,23)3)29(2)13-12-20(34)14-18(29)15-25(28)35/h5-8,17-18,20,22-26,28,32,34-36H,4,9-16H2,1-3H3,(H,33,37)(H2,31,38,39)/t17-,18+,20-,22-,23+,24+,25-,26+,28+,29+,30-/m1/s1. The summed E-state index contributed by atoms with van der Waals surface area (Å²) in [6.07, 6.45) is 5.85. The molecule has 0 heterocycles. The maximum absolute atomic E-state index is 12.6. The van der Waals surface area contributed by atoms with E-state index in [0.717, 1.165) is 38.5 Å². The Kier molecular flexibility index (Phi) is 8.07. The Morgan fingerprint density at radius 2 is 1.75 bits per heavy atom. The van der Waals surface area contributed by atoms with Crippen LogP contribution < -0.4 is 16.0 Å². The number of rotatable bonds is 7. The minimum absolute atomic E-state index is 0.00462. The fourth-order valence-electron chi connectivity index (χ4n) is 9.62. The van der Waals surface area contributed by atoms with Crippen molar-refractivity contribution in [2.45, 2.75) is 102 Å². The average molecular weight is 578 g/mol. The molecule has 5 rings (SSSR count). The number of hydrogen-bond acceptors (Lipinski definition) is 7. The second-order valence-electron chi connectivity index (χ2n) is 13.8. The van der Waals surface area contributed by atoms with E-state index in [9.17, 15) is 28.5 Å². The molecular formula is C30H47N3O6S. The van der Waals surface area contributed by atoms with Crippen LogP contribution in [-0.4, -0.2) is 48.0 Å². The summed E-state index contributed by atoms with van der Waals surface area (Å²) in [5.74, 6) is 1.35. The van der Waals surface area contributed by atoms with Gasteiger partial charge in [0.2, 0.25) is 15.9 Å². The Morgan fingerprint density at radius 3 is 2.42 bits per heavy atom. The summed E-state index contributed by atoms with van der Waals surface area (Å²) in [6.45, 7) is 6.75. The van der Waals surface area contributed by atoms with Crippen LogP contribution in [0.5, 0.6) is 0 Å². The molecule has 9 nitrogen and oxygen atoms in total. The summed E-state index contributed by atoms with van der Waals surface area (Å²) in [7, 11) is -3.77. The summed E-state index contributed by atoms with van der Waals surface area (Å²) in [6, 6.07) is 5.84. The van der Waals surface area contributed by atoms with Gasteiger partial charge in [0.25, 0.3) is 0 Å². The topological polar surface area (TPSA) is 162 Å². The third kappa shape index (κ3) is 5.19. The van der Waals surface area contributed by atoms with E-state index in [1.165, 1.54) is 24.3 Å². The van der Waals surface area contributed by atoms with Crippen molar-refractivity contribution in [1.82, 2.24) is 5.43 Å². The fraction of sp³-hybridized carbons (Fsp3) is 0.767. The second kappa shape index (κ2) is 10.8. The minimum Gasteiger partial charge on any atom is -0.393 e. The molecule has 4 aliphatic rings. The van der Waals surface area contributed by atoms with Gasteiger partial charge in [0.15, 0.2) is 0 Å². The van der Waals surface area contributed by atoms with Gasteiger partial charge in [-0.3, -0.25) is 15.6 Å². The molecule has 1 amide bonds. The number of benzene rings is 1. The highest BCUT2D eigenvalue weighted by Gasteiger charge is 2.65. The Bertz CT molecular complexity index is 1190. The largest absolute Gasteiger partial charge is 0.393 e. The van der Waals surface area contributed by atoms with Crippen molar-refractivity contribution >= 4 is 21.6 Å². The van der Waals surface area contributed by atoms with E-state index in [1.807, 2.05) is 0 Å². The quantitative estimate of drug-likeness (QED) is 0.271. The molecule has 4 fully saturated rings. The van der Waals surface area contributed by atoms with Crippen molar-refractivity contribution in [2.24, 2.45) is 51.5 Å². The zero-order valence-electron chi connectivity index (χ0n) is 23.9. The van der Waals surface area contributed by atoms with E-state index in [2.05, 4.69) is 31.6 Å². The molecule has 4 aliphatic carbocycles. The molecule has 0 unspecified atom stereocenters. The number of nitrogens with one attached hydrogen (secondary N) is 2. The van der Waals surface area contributed by atoms with Crippen LogP contribution in [0, 0.1) is 46.3 Å². The van der Waals surface area contributed by atoms with E-state index < -0.39 is 22.2 Å².